The lowest BCUT2D eigenvalue weighted by atomic mass is 10.1. The zero-order valence-electron chi connectivity index (χ0n) is 11.6. The fourth-order valence-corrected chi connectivity index (χ4v) is 2.30. The highest BCUT2D eigenvalue weighted by molar-refractivity contribution is 7.09. The van der Waals surface area contributed by atoms with Gasteiger partial charge in [0.1, 0.15) is 0 Å². The van der Waals surface area contributed by atoms with Crippen LogP contribution in [0.1, 0.15) is 26.6 Å². The molecule has 0 aliphatic rings. The first-order valence-electron chi connectivity index (χ1n) is 6.36. The molecule has 0 atom stereocenters. The number of thiazole rings is 1. The molecule has 0 aliphatic carbocycles. The van der Waals surface area contributed by atoms with Crippen molar-refractivity contribution in [3.8, 4) is 0 Å². The third-order valence-corrected chi connectivity index (χ3v) is 3.61. The molecule has 0 radical (unpaired) electrons. The normalized spacial score (nSPS) is 10.1. The van der Waals surface area contributed by atoms with E-state index in [0.717, 1.165) is 16.3 Å². The number of hydrogen-bond acceptors (Lipinski definition) is 4. The zero-order valence-corrected chi connectivity index (χ0v) is 12.4. The molecule has 0 spiro atoms. The molecule has 4 N–H and O–H groups in total. The summed E-state index contributed by atoms with van der Waals surface area (Å²) in [5, 5.41) is 8.35. The maximum atomic E-state index is 11.7. The standard InChI is InChI=1S/C14H16N4O2S/c1-9-18-12(8-21-9)7-17-14(20)16-6-10-2-4-11(5-3-10)13(15)19/h2-5,8H,6-7H2,1H3,(H2,15,19)(H2,16,17,20). The number of rotatable bonds is 5. The van der Waals surface area contributed by atoms with E-state index in [-0.39, 0.29) is 6.03 Å². The van der Waals surface area contributed by atoms with Gasteiger partial charge in [-0.25, -0.2) is 9.78 Å². The van der Waals surface area contributed by atoms with Crippen molar-refractivity contribution in [2.75, 3.05) is 0 Å². The van der Waals surface area contributed by atoms with Gasteiger partial charge in [-0.3, -0.25) is 4.79 Å². The van der Waals surface area contributed by atoms with Crippen LogP contribution >= 0.6 is 11.3 Å². The molecule has 0 saturated heterocycles. The van der Waals surface area contributed by atoms with Crippen LogP contribution in [-0.2, 0) is 13.1 Å². The van der Waals surface area contributed by atoms with E-state index in [9.17, 15) is 9.59 Å². The minimum atomic E-state index is -0.467. The van der Waals surface area contributed by atoms with Crippen molar-refractivity contribution in [2.24, 2.45) is 5.73 Å². The van der Waals surface area contributed by atoms with Crippen LogP contribution in [-0.4, -0.2) is 16.9 Å². The maximum Gasteiger partial charge on any atom is 0.315 e. The Morgan fingerprint density at radius 2 is 1.86 bits per heavy atom. The first-order valence-corrected chi connectivity index (χ1v) is 7.24. The molecular weight excluding hydrogens is 288 g/mol. The Morgan fingerprint density at radius 1 is 1.19 bits per heavy atom. The summed E-state index contributed by atoms with van der Waals surface area (Å²) in [6, 6.07) is 6.51. The van der Waals surface area contributed by atoms with Gasteiger partial charge in [-0.15, -0.1) is 11.3 Å². The fourth-order valence-electron chi connectivity index (χ4n) is 1.69. The van der Waals surface area contributed by atoms with Crippen molar-refractivity contribution in [1.82, 2.24) is 15.6 Å². The van der Waals surface area contributed by atoms with Crippen LogP contribution in [0.3, 0.4) is 0 Å². The molecule has 110 valence electrons. The van der Waals surface area contributed by atoms with Gasteiger partial charge < -0.3 is 16.4 Å². The van der Waals surface area contributed by atoms with E-state index in [2.05, 4.69) is 15.6 Å². The van der Waals surface area contributed by atoms with Crippen LogP contribution in [0.4, 0.5) is 4.79 Å². The summed E-state index contributed by atoms with van der Waals surface area (Å²) in [5.41, 5.74) is 7.34. The molecule has 0 fully saturated rings. The average molecular weight is 304 g/mol. The first-order chi connectivity index (χ1) is 10.0. The second-order valence-corrected chi connectivity index (χ2v) is 5.52. The Bertz CT molecular complexity index is 637. The lowest BCUT2D eigenvalue weighted by Gasteiger charge is -2.07. The number of carbonyl (C=O) groups excluding carboxylic acids is 2. The van der Waals surface area contributed by atoms with E-state index in [1.807, 2.05) is 12.3 Å². The van der Waals surface area contributed by atoms with Crippen molar-refractivity contribution in [3.05, 3.63) is 51.5 Å². The van der Waals surface area contributed by atoms with E-state index in [1.165, 1.54) is 0 Å². The largest absolute Gasteiger partial charge is 0.366 e. The first kappa shape index (κ1) is 15.0. The van der Waals surface area contributed by atoms with Crippen molar-refractivity contribution in [2.45, 2.75) is 20.0 Å². The number of nitrogens with two attached hydrogens (primary N) is 1. The third-order valence-electron chi connectivity index (χ3n) is 2.79. The second-order valence-electron chi connectivity index (χ2n) is 4.46. The molecule has 7 heteroatoms. The van der Waals surface area contributed by atoms with Gasteiger partial charge in [0.25, 0.3) is 0 Å². The van der Waals surface area contributed by atoms with Gasteiger partial charge >= 0.3 is 6.03 Å². The summed E-state index contributed by atoms with van der Waals surface area (Å²) in [7, 11) is 0. The van der Waals surface area contributed by atoms with Gasteiger partial charge in [0.05, 0.1) is 17.2 Å². The number of nitrogens with zero attached hydrogens (tertiary/aromatic N) is 1. The highest BCUT2D eigenvalue weighted by Gasteiger charge is 2.04. The number of hydrogen-bond donors (Lipinski definition) is 3. The van der Waals surface area contributed by atoms with Crippen molar-refractivity contribution < 1.29 is 9.59 Å². The van der Waals surface area contributed by atoms with Crippen molar-refractivity contribution >= 4 is 23.3 Å². The van der Waals surface area contributed by atoms with Crippen LogP contribution in [0.25, 0.3) is 0 Å². The number of aryl methyl sites for hydroxylation is 1. The Hall–Kier alpha value is -2.41. The number of primary amides is 1. The maximum absolute atomic E-state index is 11.7. The number of carbonyl (C=O) groups is 2. The van der Waals surface area contributed by atoms with Gasteiger partial charge in [-0.05, 0) is 24.6 Å². The number of aromatic nitrogens is 1. The van der Waals surface area contributed by atoms with Crippen LogP contribution in [0.2, 0.25) is 0 Å². The second kappa shape index (κ2) is 6.85. The Balaban J connectivity index is 1.77. The summed E-state index contributed by atoms with van der Waals surface area (Å²) in [6.07, 6.45) is 0. The minimum absolute atomic E-state index is 0.264. The predicted octanol–water partition coefficient (Wildman–Crippen LogP) is 1.55. The number of urea groups is 1. The molecule has 1 heterocycles. The highest BCUT2D eigenvalue weighted by atomic mass is 32.1. The van der Waals surface area contributed by atoms with E-state index in [4.69, 9.17) is 5.73 Å². The van der Waals surface area contributed by atoms with Crippen LogP contribution in [0.5, 0.6) is 0 Å². The van der Waals surface area contributed by atoms with Crippen LogP contribution in [0, 0.1) is 6.92 Å². The molecule has 1 aromatic heterocycles. The topological polar surface area (TPSA) is 97.1 Å². The average Bonchev–Trinajstić information content (AvgIpc) is 2.89. The lowest BCUT2D eigenvalue weighted by Crippen LogP contribution is -2.34. The molecular formula is C14H16N4O2S. The summed E-state index contributed by atoms with van der Waals surface area (Å²) in [6.45, 7) is 2.70. The highest BCUT2D eigenvalue weighted by Crippen LogP contribution is 2.07. The summed E-state index contributed by atoms with van der Waals surface area (Å²) in [5.74, 6) is -0.467. The third kappa shape index (κ3) is 4.57. The molecule has 21 heavy (non-hydrogen) atoms. The molecule has 6 nitrogen and oxygen atoms in total. The molecule has 1 aromatic carbocycles. The molecule has 0 aliphatic heterocycles. The Kier molecular flexibility index (Phi) is 4.89. The van der Waals surface area contributed by atoms with E-state index < -0.39 is 5.91 Å². The quantitative estimate of drug-likeness (QED) is 0.781. The monoisotopic (exact) mass is 304 g/mol. The molecule has 0 bridgehead atoms. The smallest absolute Gasteiger partial charge is 0.315 e. The SMILES string of the molecule is Cc1nc(CNC(=O)NCc2ccc(C(N)=O)cc2)cs1. The van der Waals surface area contributed by atoms with Gasteiger partial charge in [0.2, 0.25) is 5.91 Å². The molecule has 0 saturated carbocycles. The van der Waals surface area contributed by atoms with Gasteiger partial charge in [0.15, 0.2) is 0 Å². The van der Waals surface area contributed by atoms with Crippen molar-refractivity contribution in [3.63, 3.8) is 0 Å². The molecule has 2 rings (SSSR count). The minimum Gasteiger partial charge on any atom is -0.366 e. The summed E-state index contributed by atoms with van der Waals surface area (Å²) >= 11 is 1.55. The van der Waals surface area contributed by atoms with Gasteiger partial charge in [-0.2, -0.15) is 0 Å². The van der Waals surface area contributed by atoms with E-state index >= 15 is 0 Å². The van der Waals surface area contributed by atoms with E-state index in [1.54, 1.807) is 35.6 Å². The lowest BCUT2D eigenvalue weighted by molar-refractivity contribution is 0.1000. The number of benzene rings is 1. The van der Waals surface area contributed by atoms with Crippen LogP contribution in [0.15, 0.2) is 29.6 Å². The summed E-state index contributed by atoms with van der Waals surface area (Å²) in [4.78, 5) is 26.8. The van der Waals surface area contributed by atoms with Crippen molar-refractivity contribution in [1.29, 1.82) is 0 Å². The zero-order chi connectivity index (χ0) is 15.2. The van der Waals surface area contributed by atoms with Gasteiger partial charge in [-0.1, -0.05) is 12.1 Å². The Morgan fingerprint density at radius 3 is 2.43 bits per heavy atom. The molecule has 0 unspecified atom stereocenters. The molecule has 2 aromatic rings. The number of amides is 3. The number of nitrogens with one attached hydrogen (secondary N) is 2. The predicted molar refractivity (Wildman–Crippen MR) is 80.9 cm³/mol. The van der Waals surface area contributed by atoms with E-state index in [0.29, 0.717) is 18.7 Å². The van der Waals surface area contributed by atoms with Gasteiger partial charge in [0, 0.05) is 17.5 Å². The molecule has 3 amide bonds. The summed E-state index contributed by atoms with van der Waals surface area (Å²) < 4.78 is 0. The van der Waals surface area contributed by atoms with Crippen LogP contribution < -0.4 is 16.4 Å². The Labute approximate surface area is 126 Å². The fraction of sp³-hybridized carbons (Fsp3) is 0.214.